The maximum Gasteiger partial charge on any atom is 0.240 e. The quantitative estimate of drug-likeness (QED) is 0.897. The van der Waals surface area contributed by atoms with E-state index in [4.69, 9.17) is 10.5 Å². The third-order valence-corrected chi connectivity index (χ3v) is 5.30. The summed E-state index contributed by atoms with van der Waals surface area (Å²) in [7, 11) is 0. The topological polar surface area (TPSA) is 64.4 Å². The number of amides is 1. The first-order valence-corrected chi connectivity index (χ1v) is 8.93. The Morgan fingerprint density at radius 2 is 1.91 bits per heavy atom. The molecule has 4 heteroatoms. The monoisotopic (exact) mass is 316 g/mol. The Kier molecular flexibility index (Phi) is 5.34. The highest BCUT2D eigenvalue weighted by Gasteiger charge is 2.36. The van der Waals surface area contributed by atoms with Crippen LogP contribution in [-0.4, -0.2) is 24.6 Å². The second-order valence-electron chi connectivity index (χ2n) is 7.03. The van der Waals surface area contributed by atoms with Crippen LogP contribution in [0.25, 0.3) is 0 Å². The predicted molar refractivity (Wildman–Crippen MR) is 90.9 cm³/mol. The van der Waals surface area contributed by atoms with Gasteiger partial charge in [0.05, 0.1) is 11.6 Å². The molecule has 1 heterocycles. The SMILES string of the molecule is NC1(C(=O)NCC2CCCOC2c2ccccc2)CCCCC1. The molecule has 1 aliphatic heterocycles. The van der Waals surface area contributed by atoms with Crippen LogP contribution in [0.1, 0.15) is 56.6 Å². The van der Waals surface area contributed by atoms with Crippen molar-refractivity contribution < 1.29 is 9.53 Å². The van der Waals surface area contributed by atoms with Crippen molar-refractivity contribution in [3.63, 3.8) is 0 Å². The van der Waals surface area contributed by atoms with Crippen LogP contribution >= 0.6 is 0 Å². The highest BCUT2D eigenvalue weighted by Crippen LogP contribution is 2.33. The highest BCUT2D eigenvalue weighted by atomic mass is 16.5. The molecule has 1 aromatic carbocycles. The lowest BCUT2D eigenvalue weighted by Gasteiger charge is -2.35. The molecule has 3 N–H and O–H groups in total. The standard InChI is InChI=1S/C19H28N2O2/c20-19(11-5-2-6-12-19)18(22)21-14-16-10-7-13-23-17(16)15-8-3-1-4-9-15/h1,3-4,8-9,16-17H,2,5-7,10-14,20H2,(H,21,22). The van der Waals surface area contributed by atoms with Crippen molar-refractivity contribution in [3.05, 3.63) is 35.9 Å². The van der Waals surface area contributed by atoms with E-state index < -0.39 is 5.54 Å². The Bertz CT molecular complexity index is 511. The van der Waals surface area contributed by atoms with Gasteiger partial charge in [-0.1, -0.05) is 49.6 Å². The van der Waals surface area contributed by atoms with Gasteiger partial charge in [0.1, 0.15) is 0 Å². The van der Waals surface area contributed by atoms with Gasteiger partial charge >= 0.3 is 0 Å². The third kappa shape index (κ3) is 3.93. The summed E-state index contributed by atoms with van der Waals surface area (Å²) in [6.45, 7) is 1.45. The molecule has 1 amide bonds. The zero-order valence-corrected chi connectivity index (χ0v) is 13.8. The van der Waals surface area contributed by atoms with Crippen LogP contribution in [-0.2, 0) is 9.53 Å². The number of rotatable bonds is 4. The summed E-state index contributed by atoms with van der Waals surface area (Å²) < 4.78 is 6.00. The second kappa shape index (κ2) is 7.45. The zero-order chi connectivity index (χ0) is 16.1. The Labute approximate surface area is 138 Å². The minimum absolute atomic E-state index is 0.0228. The molecule has 1 saturated carbocycles. The summed E-state index contributed by atoms with van der Waals surface area (Å²) in [5, 5.41) is 3.12. The van der Waals surface area contributed by atoms with Gasteiger partial charge in [-0.25, -0.2) is 0 Å². The fourth-order valence-corrected chi connectivity index (χ4v) is 3.87. The van der Waals surface area contributed by atoms with Crippen molar-refractivity contribution in [2.75, 3.05) is 13.2 Å². The lowest BCUT2D eigenvalue weighted by molar-refractivity contribution is -0.128. The van der Waals surface area contributed by atoms with Crippen LogP contribution in [0.2, 0.25) is 0 Å². The van der Waals surface area contributed by atoms with E-state index in [2.05, 4.69) is 17.4 Å². The van der Waals surface area contributed by atoms with E-state index in [0.29, 0.717) is 12.5 Å². The van der Waals surface area contributed by atoms with Gasteiger partial charge in [0.2, 0.25) is 5.91 Å². The number of ether oxygens (including phenoxy) is 1. The molecule has 0 spiro atoms. The Hall–Kier alpha value is -1.39. The number of nitrogens with one attached hydrogen (secondary N) is 1. The summed E-state index contributed by atoms with van der Waals surface area (Å²) in [6, 6.07) is 10.3. The van der Waals surface area contributed by atoms with Crippen molar-refractivity contribution in [1.82, 2.24) is 5.32 Å². The first kappa shape index (κ1) is 16.5. The fraction of sp³-hybridized carbons (Fsp3) is 0.632. The molecule has 23 heavy (non-hydrogen) atoms. The molecule has 4 nitrogen and oxygen atoms in total. The van der Waals surface area contributed by atoms with E-state index in [1.807, 2.05) is 18.2 Å². The molecule has 2 unspecified atom stereocenters. The number of hydrogen-bond donors (Lipinski definition) is 2. The van der Waals surface area contributed by atoms with Gasteiger partial charge < -0.3 is 15.8 Å². The lowest BCUT2D eigenvalue weighted by atomic mass is 9.81. The van der Waals surface area contributed by atoms with Crippen molar-refractivity contribution in [2.45, 2.75) is 56.6 Å². The summed E-state index contributed by atoms with van der Waals surface area (Å²) >= 11 is 0. The number of hydrogen-bond acceptors (Lipinski definition) is 3. The predicted octanol–water partition coefficient (Wildman–Crippen LogP) is 2.93. The van der Waals surface area contributed by atoms with E-state index in [1.54, 1.807) is 0 Å². The molecule has 126 valence electrons. The summed E-state index contributed by atoms with van der Waals surface area (Å²) in [6.07, 6.45) is 7.13. The van der Waals surface area contributed by atoms with Gasteiger partial charge in [0, 0.05) is 19.1 Å². The van der Waals surface area contributed by atoms with E-state index in [9.17, 15) is 4.79 Å². The molecule has 0 radical (unpaired) electrons. The largest absolute Gasteiger partial charge is 0.373 e. The smallest absolute Gasteiger partial charge is 0.240 e. The van der Waals surface area contributed by atoms with E-state index in [1.165, 1.54) is 12.0 Å². The molecular formula is C19H28N2O2. The van der Waals surface area contributed by atoms with Gasteiger partial charge in [-0.05, 0) is 31.2 Å². The first-order chi connectivity index (χ1) is 11.2. The molecule has 1 aliphatic carbocycles. The average Bonchev–Trinajstić information content (AvgIpc) is 2.61. The Balaban J connectivity index is 1.60. The Morgan fingerprint density at radius 1 is 1.17 bits per heavy atom. The summed E-state index contributed by atoms with van der Waals surface area (Å²) in [4.78, 5) is 12.5. The van der Waals surface area contributed by atoms with Gasteiger partial charge in [-0.3, -0.25) is 4.79 Å². The molecule has 1 aromatic rings. The van der Waals surface area contributed by atoms with E-state index in [0.717, 1.165) is 45.1 Å². The molecule has 0 bridgehead atoms. The lowest BCUT2D eigenvalue weighted by Crippen LogP contribution is -2.56. The fourth-order valence-electron chi connectivity index (χ4n) is 3.87. The molecule has 1 saturated heterocycles. The van der Waals surface area contributed by atoms with Crippen molar-refractivity contribution >= 4 is 5.91 Å². The Morgan fingerprint density at radius 3 is 2.65 bits per heavy atom. The third-order valence-electron chi connectivity index (χ3n) is 5.30. The number of carbonyl (C=O) groups excluding carboxylic acids is 1. The molecular weight excluding hydrogens is 288 g/mol. The highest BCUT2D eigenvalue weighted by molar-refractivity contribution is 5.86. The number of carbonyl (C=O) groups is 1. The first-order valence-electron chi connectivity index (χ1n) is 8.93. The van der Waals surface area contributed by atoms with Crippen LogP contribution < -0.4 is 11.1 Å². The van der Waals surface area contributed by atoms with Gasteiger partial charge in [-0.2, -0.15) is 0 Å². The zero-order valence-electron chi connectivity index (χ0n) is 13.8. The number of benzene rings is 1. The van der Waals surface area contributed by atoms with Crippen LogP contribution in [0.4, 0.5) is 0 Å². The second-order valence-corrected chi connectivity index (χ2v) is 7.03. The molecule has 2 fully saturated rings. The maximum atomic E-state index is 12.5. The molecule has 3 rings (SSSR count). The molecule has 2 aliphatic rings. The normalized spacial score (nSPS) is 27.3. The van der Waals surface area contributed by atoms with Crippen molar-refractivity contribution in [1.29, 1.82) is 0 Å². The van der Waals surface area contributed by atoms with Crippen LogP contribution in [0.5, 0.6) is 0 Å². The van der Waals surface area contributed by atoms with E-state index >= 15 is 0 Å². The molecule has 2 atom stereocenters. The van der Waals surface area contributed by atoms with Gasteiger partial charge in [0.15, 0.2) is 0 Å². The van der Waals surface area contributed by atoms with Gasteiger partial charge in [0.25, 0.3) is 0 Å². The van der Waals surface area contributed by atoms with Gasteiger partial charge in [-0.15, -0.1) is 0 Å². The van der Waals surface area contributed by atoms with Crippen LogP contribution in [0.15, 0.2) is 30.3 Å². The number of nitrogens with two attached hydrogens (primary N) is 1. The minimum Gasteiger partial charge on any atom is -0.373 e. The van der Waals surface area contributed by atoms with E-state index in [-0.39, 0.29) is 12.0 Å². The van der Waals surface area contributed by atoms with Crippen molar-refractivity contribution in [3.8, 4) is 0 Å². The van der Waals surface area contributed by atoms with Crippen LogP contribution in [0, 0.1) is 5.92 Å². The van der Waals surface area contributed by atoms with Crippen molar-refractivity contribution in [2.24, 2.45) is 11.7 Å². The summed E-state index contributed by atoms with van der Waals surface area (Å²) in [5.41, 5.74) is 6.86. The minimum atomic E-state index is -0.657. The average molecular weight is 316 g/mol. The van der Waals surface area contributed by atoms with Crippen LogP contribution in [0.3, 0.4) is 0 Å². The maximum absolute atomic E-state index is 12.5. The summed E-state index contributed by atoms with van der Waals surface area (Å²) in [5.74, 6) is 0.344. The molecule has 0 aromatic heterocycles.